The molecule has 1 rings (SSSR count). The highest BCUT2D eigenvalue weighted by Crippen LogP contribution is 2.21. The average molecular weight is 231 g/mol. The third-order valence-corrected chi connectivity index (χ3v) is 3.45. The third-order valence-electron chi connectivity index (χ3n) is 1.98. The van der Waals surface area contributed by atoms with Crippen molar-refractivity contribution in [3.05, 3.63) is 23.4 Å². The number of hydrogen-bond acceptors (Lipinski definition) is 3. The van der Waals surface area contributed by atoms with E-state index < -0.39 is 0 Å². The van der Waals surface area contributed by atoms with E-state index in [0.29, 0.717) is 5.02 Å². The molecule has 0 fully saturated rings. The number of aromatic nitrogens is 1. The quantitative estimate of drug-likeness (QED) is 0.859. The molecule has 0 radical (unpaired) electrons. The van der Waals surface area contributed by atoms with E-state index in [2.05, 4.69) is 30.4 Å². The summed E-state index contributed by atoms with van der Waals surface area (Å²) >= 11 is 7.57. The number of halogens is 1. The van der Waals surface area contributed by atoms with Gasteiger partial charge in [-0.3, -0.25) is 0 Å². The van der Waals surface area contributed by atoms with Gasteiger partial charge in [-0.15, -0.1) is 0 Å². The first-order chi connectivity index (χ1) is 6.53. The molecule has 0 aliphatic rings. The zero-order valence-corrected chi connectivity index (χ0v) is 10.2. The number of nitrogens with one attached hydrogen (secondary N) is 1. The number of hydrogen-bond donors (Lipinski definition) is 1. The summed E-state index contributed by atoms with van der Waals surface area (Å²) in [6, 6.07) is 3.72. The molecule has 78 valence electrons. The minimum atomic E-state index is 0.224. The van der Waals surface area contributed by atoms with Crippen LogP contribution in [-0.2, 0) is 0 Å². The highest BCUT2D eigenvalue weighted by atomic mass is 35.5. The van der Waals surface area contributed by atoms with Crippen LogP contribution >= 0.6 is 23.4 Å². The molecule has 4 heteroatoms. The summed E-state index contributed by atoms with van der Waals surface area (Å²) < 4.78 is 0.224. The van der Waals surface area contributed by atoms with Crippen LogP contribution in [0.3, 0.4) is 0 Å². The molecule has 0 saturated heterocycles. The van der Waals surface area contributed by atoms with E-state index in [0.717, 1.165) is 12.4 Å². The maximum Gasteiger partial charge on any atom is 0.126 e. The molecule has 0 aromatic carbocycles. The minimum absolute atomic E-state index is 0.224. The van der Waals surface area contributed by atoms with Gasteiger partial charge >= 0.3 is 0 Å². The zero-order chi connectivity index (χ0) is 10.6. The summed E-state index contributed by atoms with van der Waals surface area (Å²) in [4.78, 5) is 4.16. The van der Waals surface area contributed by atoms with Crippen molar-refractivity contribution in [2.45, 2.75) is 18.6 Å². The Morgan fingerprint density at radius 2 is 2.21 bits per heavy atom. The van der Waals surface area contributed by atoms with Crippen molar-refractivity contribution in [1.29, 1.82) is 0 Å². The number of pyridine rings is 1. The number of thioether (sulfide) groups is 1. The number of nitrogens with zero attached hydrogens (tertiary/aromatic N) is 1. The Bertz CT molecular complexity index is 285. The van der Waals surface area contributed by atoms with Crippen LogP contribution in [0.15, 0.2) is 18.3 Å². The molecule has 0 spiro atoms. The van der Waals surface area contributed by atoms with Crippen molar-refractivity contribution >= 4 is 29.2 Å². The van der Waals surface area contributed by atoms with Crippen LogP contribution in [0.25, 0.3) is 0 Å². The van der Waals surface area contributed by atoms with Crippen molar-refractivity contribution in [1.82, 2.24) is 4.98 Å². The first-order valence-corrected chi connectivity index (χ1v) is 6.04. The third kappa shape index (κ3) is 3.76. The SMILES string of the molecule is CSC(C)(C)CNc1ccc(Cl)cn1. The van der Waals surface area contributed by atoms with Crippen LogP contribution in [0.5, 0.6) is 0 Å². The van der Waals surface area contributed by atoms with Gasteiger partial charge in [0, 0.05) is 17.5 Å². The van der Waals surface area contributed by atoms with Crippen LogP contribution in [0, 0.1) is 0 Å². The average Bonchev–Trinajstić information content (AvgIpc) is 2.17. The minimum Gasteiger partial charge on any atom is -0.369 e. The van der Waals surface area contributed by atoms with E-state index in [9.17, 15) is 0 Å². The van der Waals surface area contributed by atoms with E-state index in [1.807, 2.05) is 23.9 Å². The number of rotatable bonds is 4. The van der Waals surface area contributed by atoms with E-state index >= 15 is 0 Å². The summed E-state index contributed by atoms with van der Waals surface area (Å²) in [5.41, 5.74) is 0. The molecule has 0 bridgehead atoms. The molecule has 0 aliphatic heterocycles. The lowest BCUT2D eigenvalue weighted by Crippen LogP contribution is -2.26. The lowest BCUT2D eigenvalue weighted by atomic mass is 10.2. The van der Waals surface area contributed by atoms with Gasteiger partial charge in [-0.1, -0.05) is 11.6 Å². The van der Waals surface area contributed by atoms with Gasteiger partial charge in [0.25, 0.3) is 0 Å². The van der Waals surface area contributed by atoms with Gasteiger partial charge in [-0.05, 0) is 32.2 Å². The smallest absolute Gasteiger partial charge is 0.126 e. The second-order valence-electron chi connectivity index (χ2n) is 3.68. The van der Waals surface area contributed by atoms with Crippen molar-refractivity contribution in [3.63, 3.8) is 0 Å². The maximum absolute atomic E-state index is 5.73. The van der Waals surface area contributed by atoms with Crippen molar-refractivity contribution in [2.24, 2.45) is 0 Å². The van der Waals surface area contributed by atoms with Gasteiger partial charge in [-0.25, -0.2) is 4.98 Å². The Morgan fingerprint density at radius 1 is 1.50 bits per heavy atom. The summed E-state index contributed by atoms with van der Waals surface area (Å²) in [5, 5.41) is 3.94. The van der Waals surface area contributed by atoms with Crippen LogP contribution in [0.4, 0.5) is 5.82 Å². The van der Waals surface area contributed by atoms with Crippen LogP contribution < -0.4 is 5.32 Å². The Hall–Kier alpha value is -0.410. The Labute approximate surface area is 94.5 Å². The second-order valence-corrected chi connectivity index (χ2v) is 5.63. The standard InChI is InChI=1S/C10H15ClN2S/c1-10(2,14-3)7-13-9-5-4-8(11)6-12-9/h4-6H,7H2,1-3H3,(H,12,13). The zero-order valence-electron chi connectivity index (χ0n) is 8.67. The van der Waals surface area contributed by atoms with Gasteiger partial charge < -0.3 is 5.32 Å². The van der Waals surface area contributed by atoms with Gasteiger partial charge in [0.1, 0.15) is 5.82 Å². The van der Waals surface area contributed by atoms with Crippen LogP contribution in [0.2, 0.25) is 5.02 Å². The van der Waals surface area contributed by atoms with E-state index in [1.54, 1.807) is 6.20 Å². The van der Waals surface area contributed by atoms with Crippen LogP contribution in [-0.4, -0.2) is 22.5 Å². The molecule has 0 atom stereocenters. The predicted octanol–water partition coefficient (Wildman–Crippen LogP) is 3.29. The topological polar surface area (TPSA) is 24.9 Å². The summed E-state index contributed by atoms with van der Waals surface area (Å²) in [7, 11) is 0. The first-order valence-electron chi connectivity index (χ1n) is 4.44. The van der Waals surface area contributed by atoms with E-state index in [1.165, 1.54) is 0 Å². The molecule has 14 heavy (non-hydrogen) atoms. The normalized spacial score (nSPS) is 11.4. The molecular formula is C10H15ClN2S. The molecule has 1 aromatic rings. The molecule has 1 heterocycles. The Balaban J connectivity index is 2.50. The summed E-state index contributed by atoms with van der Waals surface area (Å²) in [5.74, 6) is 0.872. The Kier molecular flexibility index (Phi) is 4.08. The maximum atomic E-state index is 5.73. The molecular weight excluding hydrogens is 216 g/mol. The highest BCUT2D eigenvalue weighted by Gasteiger charge is 2.15. The predicted molar refractivity (Wildman–Crippen MR) is 65.3 cm³/mol. The van der Waals surface area contributed by atoms with Crippen molar-refractivity contribution in [3.8, 4) is 0 Å². The Morgan fingerprint density at radius 3 is 2.71 bits per heavy atom. The number of anilines is 1. The fourth-order valence-corrected chi connectivity index (χ4v) is 1.18. The molecule has 1 aromatic heterocycles. The lowest BCUT2D eigenvalue weighted by molar-refractivity contribution is 0.750. The van der Waals surface area contributed by atoms with E-state index in [-0.39, 0.29) is 4.75 Å². The summed E-state index contributed by atoms with van der Waals surface area (Å²) in [6.45, 7) is 5.28. The monoisotopic (exact) mass is 230 g/mol. The van der Waals surface area contributed by atoms with E-state index in [4.69, 9.17) is 11.6 Å². The fraction of sp³-hybridized carbons (Fsp3) is 0.500. The van der Waals surface area contributed by atoms with Crippen LogP contribution in [0.1, 0.15) is 13.8 Å². The molecule has 0 unspecified atom stereocenters. The summed E-state index contributed by atoms with van der Waals surface area (Å²) in [6.07, 6.45) is 3.76. The molecule has 0 aliphatic carbocycles. The van der Waals surface area contributed by atoms with Crippen molar-refractivity contribution in [2.75, 3.05) is 18.1 Å². The second kappa shape index (κ2) is 4.89. The molecule has 0 amide bonds. The van der Waals surface area contributed by atoms with Crippen molar-refractivity contribution < 1.29 is 0 Å². The molecule has 1 N–H and O–H groups in total. The lowest BCUT2D eigenvalue weighted by Gasteiger charge is -2.22. The molecule has 0 saturated carbocycles. The first kappa shape index (κ1) is 11.7. The van der Waals surface area contributed by atoms with Gasteiger partial charge in [-0.2, -0.15) is 11.8 Å². The van der Waals surface area contributed by atoms with Gasteiger partial charge in [0.2, 0.25) is 0 Å². The fourth-order valence-electron chi connectivity index (χ4n) is 0.856. The largest absolute Gasteiger partial charge is 0.369 e. The molecule has 2 nitrogen and oxygen atoms in total. The van der Waals surface area contributed by atoms with Gasteiger partial charge in [0.05, 0.1) is 5.02 Å². The van der Waals surface area contributed by atoms with Gasteiger partial charge in [0.15, 0.2) is 0 Å². The highest BCUT2D eigenvalue weighted by molar-refractivity contribution is 7.99.